The van der Waals surface area contributed by atoms with Crippen molar-refractivity contribution in [2.24, 2.45) is 0 Å². The van der Waals surface area contributed by atoms with Crippen LogP contribution in [0.15, 0.2) is 6.20 Å². The van der Waals surface area contributed by atoms with Crippen molar-refractivity contribution < 1.29 is 0 Å². The zero-order valence-corrected chi connectivity index (χ0v) is 7.68. The standard InChI is InChI=1S/C8H11ClN2/c1-5(9)8-4-10-7(3)11-6(8)2/h4-5H,1-3H3. The molecular weight excluding hydrogens is 160 g/mol. The van der Waals surface area contributed by atoms with Crippen LogP contribution in [-0.2, 0) is 0 Å². The summed E-state index contributed by atoms with van der Waals surface area (Å²) in [6.07, 6.45) is 1.79. The van der Waals surface area contributed by atoms with Crippen molar-refractivity contribution in [3.8, 4) is 0 Å². The maximum absolute atomic E-state index is 5.88. The van der Waals surface area contributed by atoms with E-state index in [0.717, 1.165) is 17.1 Å². The van der Waals surface area contributed by atoms with Gasteiger partial charge in [0, 0.05) is 17.5 Å². The van der Waals surface area contributed by atoms with Gasteiger partial charge in [-0.05, 0) is 20.8 Å². The summed E-state index contributed by atoms with van der Waals surface area (Å²) in [5.74, 6) is 0.795. The maximum atomic E-state index is 5.88. The molecule has 1 rings (SSSR count). The van der Waals surface area contributed by atoms with E-state index in [1.807, 2.05) is 20.8 Å². The lowest BCUT2D eigenvalue weighted by Crippen LogP contribution is -1.97. The number of aromatic nitrogens is 2. The van der Waals surface area contributed by atoms with Gasteiger partial charge in [0.2, 0.25) is 0 Å². The Kier molecular flexibility index (Phi) is 2.45. The van der Waals surface area contributed by atoms with E-state index in [1.54, 1.807) is 6.20 Å². The Morgan fingerprint density at radius 2 is 2.09 bits per heavy atom. The van der Waals surface area contributed by atoms with Gasteiger partial charge in [-0.3, -0.25) is 0 Å². The summed E-state index contributed by atoms with van der Waals surface area (Å²) in [5.41, 5.74) is 1.98. The highest BCUT2D eigenvalue weighted by Crippen LogP contribution is 2.20. The molecule has 0 N–H and O–H groups in total. The molecule has 0 aliphatic rings. The van der Waals surface area contributed by atoms with Crippen molar-refractivity contribution in [1.29, 1.82) is 0 Å². The SMILES string of the molecule is Cc1ncc(C(C)Cl)c(C)n1. The Bertz CT molecular complexity index is 258. The van der Waals surface area contributed by atoms with Gasteiger partial charge in [0.25, 0.3) is 0 Å². The maximum Gasteiger partial charge on any atom is 0.125 e. The normalized spacial score (nSPS) is 13.1. The Labute approximate surface area is 71.6 Å². The number of rotatable bonds is 1. The van der Waals surface area contributed by atoms with Crippen molar-refractivity contribution in [3.05, 3.63) is 23.3 Å². The van der Waals surface area contributed by atoms with E-state index in [4.69, 9.17) is 11.6 Å². The molecule has 1 aromatic heterocycles. The van der Waals surface area contributed by atoms with Gasteiger partial charge in [-0.1, -0.05) is 0 Å². The molecule has 1 unspecified atom stereocenters. The molecule has 0 bridgehead atoms. The summed E-state index contributed by atoms with van der Waals surface area (Å²) in [7, 11) is 0. The first kappa shape index (κ1) is 8.47. The molecule has 1 aromatic rings. The predicted molar refractivity (Wildman–Crippen MR) is 45.8 cm³/mol. The number of aryl methyl sites for hydroxylation is 2. The number of nitrogens with zero attached hydrogens (tertiary/aromatic N) is 2. The molecule has 0 spiro atoms. The minimum absolute atomic E-state index is 0.00407. The lowest BCUT2D eigenvalue weighted by Gasteiger charge is -2.05. The summed E-state index contributed by atoms with van der Waals surface area (Å²) in [6, 6.07) is 0. The van der Waals surface area contributed by atoms with Crippen LogP contribution in [0.2, 0.25) is 0 Å². The fourth-order valence-electron chi connectivity index (χ4n) is 0.983. The van der Waals surface area contributed by atoms with Crippen molar-refractivity contribution in [2.75, 3.05) is 0 Å². The average molecular weight is 171 g/mol. The van der Waals surface area contributed by atoms with E-state index >= 15 is 0 Å². The first-order chi connectivity index (χ1) is 5.11. The number of halogens is 1. The minimum Gasteiger partial charge on any atom is -0.241 e. The van der Waals surface area contributed by atoms with E-state index in [1.165, 1.54) is 0 Å². The molecule has 0 saturated carbocycles. The average Bonchev–Trinajstić information content (AvgIpc) is 1.85. The Balaban J connectivity index is 3.09. The summed E-state index contributed by atoms with van der Waals surface area (Å²) >= 11 is 5.88. The van der Waals surface area contributed by atoms with Gasteiger partial charge in [0.1, 0.15) is 5.82 Å². The van der Waals surface area contributed by atoms with Crippen LogP contribution in [0.25, 0.3) is 0 Å². The van der Waals surface area contributed by atoms with E-state index in [2.05, 4.69) is 9.97 Å². The van der Waals surface area contributed by atoms with E-state index in [0.29, 0.717) is 0 Å². The van der Waals surface area contributed by atoms with Gasteiger partial charge in [0.05, 0.1) is 5.38 Å². The summed E-state index contributed by atoms with van der Waals surface area (Å²) in [4.78, 5) is 8.26. The van der Waals surface area contributed by atoms with Crippen LogP contribution < -0.4 is 0 Å². The Morgan fingerprint density at radius 1 is 1.45 bits per heavy atom. The van der Waals surface area contributed by atoms with Gasteiger partial charge in [-0.2, -0.15) is 0 Å². The van der Waals surface area contributed by atoms with Gasteiger partial charge < -0.3 is 0 Å². The molecule has 0 fully saturated rings. The van der Waals surface area contributed by atoms with E-state index in [9.17, 15) is 0 Å². The lowest BCUT2D eigenvalue weighted by molar-refractivity contribution is 0.931. The Hall–Kier alpha value is -0.630. The highest BCUT2D eigenvalue weighted by Gasteiger charge is 2.05. The molecule has 3 heteroatoms. The third-order valence-electron chi connectivity index (χ3n) is 1.57. The van der Waals surface area contributed by atoms with Crippen LogP contribution in [0.1, 0.15) is 29.4 Å². The highest BCUT2D eigenvalue weighted by molar-refractivity contribution is 6.20. The van der Waals surface area contributed by atoms with Crippen LogP contribution in [0.5, 0.6) is 0 Å². The number of hydrogen-bond donors (Lipinski definition) is 0. The second-order valence-corrected chi connectivity index (χ2v) is 3.23. The smallest absolute Gasteiger partial charge is 0.125 e. The summed E-state index contributed by atoms with van der Waals surface area (Å²) < 4.78 is 0. The van der Waals surface area contributed by atoms with Crippen LogP contribution in [0, 0.1) is 13.8 Å². The molecule has 0 radical (unpaired) electrons. The van der Waals surface area contributed by atoms with Gasteiger partial charge in [-0.15, -0.1) is 11.6 Å². The van der Waals surface area contributed by atoms with Gasteiger partial charge in [-0.25, -0.2) is 9.97 Å². The third-order valence-corrected chi connectivity index (χ3v) is 1.80. The fraction of sp³-hybridized carbons (Fsp3) is 0.500. The van der Waals surface area contributed by atoms with Crippen molar-refractivity contribution in [1.82, 2.24) is 9.97 Å². The predicted octanol–water partition coefficient (Wildman–Crippen LogP) is 2.39. The van der Waals surface area contributed by atoms with E-state index in [-0.39, 0.29) is 5.38 Å². The minimum atomic E-state index is -0.00407. The quantitative estimate of drug-likeness (QED) is 0.605. The fourth-order valence-corrected chi connectivity index (χ4v) is 1.20. The first-order valence-corrected chi connectivity index (χ1v) is 3.99. The highest BCUT2D eigenvalue weighted by atomic mass is 35.5. The molecule has 11 heavy (non-hydrogen) atoms. The molecular formula is C8H11ClN2. The number of hydrogen-bond acceptors (Lipinski definition) is 2. The largest absolute Gasteiger partial charge is 0.241 e. The lowest BCUT2D eigenvalue weighted by atomic mass is 10.2. The number of alkyl halides is 1. The molecule has 60 valence electrons. The van der Waals surface area contributed by atoms with Gasteiger partial charge in [0.15, 0.2) is 0 Å². The van der Waals surface area contributed by atoms with Crippen LogP contribution >= 0.6 is 11.6 Å². The van der Waals surface area contributed by atoms with Crippen LogP contribution in [0.4, 0.5) is 0 Å². The molecule has 0 amide bonds. The molecule has 0 aromatic carbocycles. The zero-order valence-electron chi connectivity index (χ0n) is 6.93. The molecule has 0 saturated heterocycles. The van der Waals surface area contributed by atoms with Crippen LogP contribution in [-0.4, -0.2) is 9.97 Å². The second-order valence-electron chi connectivity index (χ2n) is 2.57. The summed E-state index contributed by atoms with van der Waals surface area (Å²) in [6.45, 7) is 5.74. The Morgan fingerprint density at radius 3 is 2.55 bits per heavy atom. The van der Waals surface area contributed by atoms with Crippen molar-refractivity contribution in [2.45, 2.75) is 26.1 Å². The molecule has 2 nitrogen and oxygen atoms in total. The molecule has 1 heterocycles. The van der Waals surface area contributed by atoms with Crippen molar-refractivity contribution in [3.63, 3.8) is 0 Å². The molecule has 0 aliphatic heterocycles. The molecule has 1 atom stereocenters. The van der Waals surface area contributed by atoms with Crippen LogP contribution in [0.3, 0.4) is 0 Å². The topological polar surface area (TPSA) is 25.8 Å². The van der Waals surface area contributed by atoms with E-state index < -0.39 is 0 Å². The zero-order chi connectivity index (χ0) is 8.43. The monoisotopic (exact) mass is 170 g/mol. The first-order valence-electron chi connectivity index (χ1n) is 3.55. The summed E-state index contributed by atoms with van der Waals surface area (Å²) in [5, 5.41) is -0.00407. The second kappa shape index (κ2) is 3.18. The molecule has 0 aliphatic carbocycles. The van der Waals surface area contributed by atoms with Gasteiger partial charge >= 0.3 is 0 Å². The van der Waals surface area contributed by atoms with Crippen molar-refractivity contribution >= 4 is 11.6 Å². The third kappa shape index (κ3) is 1.90.